The molecule has 1 aromatic carbocycles. The van der Waals surface area contributed by atoms with Crippen LogP contribution in [0, 0.1) is 12.8 Å². The van der Waals surface area contributed by atoms with E-state index in [1.54, 1.807) is 4.68 Å². The van der Waals surface area contributed by atoms with E-state index in [0.29, 0.717) is 16.6 Å². The number of likely N-dealkylation sites (tertiary alicyclic amines) is 1. The van der Waals surface area contributed by atoms with Crippen molar-refractivity contribution in [3.63, 3.8) is 0 Å². The number of aromatic nitrogens is 2. The summed E-state index contributed by atoms with van der Waals surface area (Å²) in [5.74, 6) is 0.986. The minimum absolute atomic E-state index is 0. The highest BCUT2D eigenvalue weighted by atomic mass is 35.5. The molecule has 1 saturated carbocycles. The molecule has 1 aromatic heterocycles. The number of piperidine rings is 1. The molecule has 2 fully saturated rings. The number of aryl methyl sites for hydroxylation is 1. The predicted octanol–water partition coefficient (Wildman–Crippen LogP) is 3.86. The number of benzene rings is 1. The molecule has 1 aliphatic carbocycles. The Morgan fingerprint density at radius 2 is 1.85 bits per heavy atom. The summed E-state index contributed by atoms with van der Waals surface area (Å²) in [6.45, 7) is 4.66. The molecule has 0 bridgehead atoms. The van der Waals surface area contributed by atoms with Crippen molar-refractivity contribution in [2.24, 2.45) is 5.92 Å². The number of carbonyl (C=O) groups is 1. The van der Waals surface area contributed by atoms with Gasteiger partial charge in [0.1, 0.15) is 0 Å². The normalized spacial score (nSPS) is 17.6. The third kappa shape index (κ3) is 4.84. The van der Waals surface area contributed by atoms with E-state index in [9.17, 15) is 4.79 Å². The zero-order valence-corrected chi connectivity index (χ0v) is 17.1. The largest absolute Gasteiger partial charge is 0.338 e. The average Bonchev–Trinajstić information content (AvgIpc) is 3.41. The van der Waals surface area contributed by atoms with E-state index in [4.69, 9.17) is 11.6 Å². The molecule has 1 aliphatic heterocycles. The van der Waals surface area contributed by atoms with Crippen LogP contribution in [0.4, 0.5) is 0 Å². The van der Waals surface area contributed by atoms with Gasteiger partial charge in [-0.05, 0) is 69.3 Å². The van der Waals surface area contributed by atoms with Gasteiger partial charge in [-0.15, -0.1) is 12.4 Å². The van der Waals surface area contributed by atoms with Gasteiger partial charge >= 0.3 is 0 Å². The van der Waals surface area contributed by atoms with Gasteiger partial charge in [-0.25, -0.2) is 4.68 Å². The van der Waals surface area contributed by atoms with Crippen molar-refractivity contribution in [3.05, 3.63) is 46.7 Å². The van der Waals surface area contributed by atoms with E-state index in [2.05, 4.69) is 10.4 Å². The topological polar surface area (TPSA) is 50.2 Å². The first kappa shape index (κ1) is 20.2. The Labute approximate surface area is 171 Å². The number of hydrogen-bond acceptors (Lipinski definition) is 3. The van der Waals surface area contributed by atoms with Crippen LogP contribution in [0.1, 0.15) is 41.7 Å². The summed E-state index contributed by atoms with van der Waals surface area (Å²) < 4.78 is 1.75. The second-order valence-corrected chi connectivity index (χ2v) is 7.90. The lowest BCUT2D eigenvalue weighted by molar-refractivity contribution is 0.0704. The highest BCUT2D eigenvalue weighted by molar-refractivity contribution is 6.30. The second-order valence-electron chi connectivity index (χ2n) is 7.47. The number of nitrogens with zero attached hydrogens (tertiary/aromatic N) is 3. The summed E-state index contributed by atoms with van der Waals surface area (Å²) in [6, 6.07) is 8.02. The van der Waals surface area contributed by atoms with Crippen molar-refractivity contribution in [3.8, 4) is 5.69 Å². The van der Waals surface area contributed by atoms with Crippen molar-refractivity contribution in [1.29, 1.82) is 0 Å². The summed E-state index contributed by atoms with van der Waals surface area (Å²) in [4.78, 5) is 14.9. The molecule has 2 aromatic rings. The number of amides is 1. The first-order valence-electron chi connectivity index (χ1n) is 9.45. The zero-order valence-electron chi connectivity index (χ0n) is 15.5. The van der Waals surface area contributed by atoms with Crippen LogP contribution in [0.3, 0.4) is 0 Å². The quantitative estimate of drug-likeness (QED) is 0.816. The Morgan fingerprint density at radius 1 is 1.19 bits per heavy atom. The fourth-order valence-electron chi connectivity index (χ4n) is 3.51. The van der Waals surface area contributed by atoms with Gasteiger partial charge < -0.3 is 10.2 Å². The summed E-state index contributed by atoms with van der Waals surface area (Å²) in [6.07, 6.45) is 6.65. The van der Waals surface area contributed by atoms with E-state index < -0.39 is 0 Å². The highest BCUT2D eigenvalue weighted by Gasteiger charge is 2.27. The van der Waals surface area contributed by atoms with Crippen molar-refractivity contribution in [1.82, 2.24) is 20.0 Å². The summed E-state index contributed by atoms with van der Waals surface area (Å²) >= 11 is 5.95. The van der Waals surface area contributed by atoms with Gasteiger partial charge in [0.15, 0.2) is 0 Å². The Kier molecular flexibility index (Phi) is 6.45. The third-order valence-electron chi connectivity index (χ3n) is 5.39. The first-order chi connectivity index (χ1) is 12.6. The van der Waals surface area contributed by atoms with Gasteiger partial charge in [0, 0.05) is 30.4 Å². The van der Waals surface area contributed by atoms with Crippen LogP contribution < -0.4 is 5.32 Å². The van der Waals surface area contributed by atoms with Crippen molar-refractivity contribution in [2.45, 2.75) is 38.6 Å². The summed E-state index contributed by atoms with van der Waals surface area (Å²) in [5, 5.41) is 8.86. The second kappa shape index (κ2) is 8.63. The molecule has 7 heteroatoms. The zero-order chi connectivity index (χ0) is 18.1. The number of hydrogen-bond donors (Lipinski definition) is 1. The number of carbonyl (C=O) groups excluding carboxylic acids is 1. The molecule has 1 amide bonds. The molecule has 2 aliphatic rings. The number of nitrogens with one attached hydrogen (secondary N) is 1. The van der Waals surface area contributed by atoms with E-state index in [0.717, 1.165) is 49.8 Å². The smallest absolute Gasteiger partial charge is 0.257 e. The SMILES string of the molecule is Cc1nn(-c2ccc(Cl)cc2)cc1C(=O)N1CCC(NCC2CC2)CC1.Cl. The maximum Gasteiger partial charge on any atom is 0.257 e. The van der Waals surface area contributed by atoms with E-state index in [-0.39, 0.29) is 18.3 Å². The van der Waals surface area contributed by atoms with Gasteiger partial charge in [-0.1, -0.05) is 11.6 Å². The molecule has 146 valence electrons. The van der Waals surface area contributed by atoms with Crippen LogP contribution in [-0.2, 0) is 0 Å². The third-order valence-corrected chi connectivity index (χ3v) is 5.65. The molecule has 2 heterocycles. The standard InChI is InChI=1S/C20H25ClN4O.ClH/c1-14-19(13-25(23-14)18-6-4-16(21)5-7-18)20(26)24-10-8-17(9-11-24)22-12-15-2-3-15;/h4-7,13,15,17,22H,2-3,8-12H2,1H3;1H. The molecule has 0 spiro atoms. The lowest BCUT2D eigenvalue weighted by Gasteiger charge is -2.32. The molecule has 1 saturated heterocycles. The fraction of sp³-hybridized carbons (Fsp3) is 0.500. The van der Waals surface area contributed by atoms with Gasteiger partial charge in [0.2, 0.25) is 0 Å². The van der Waals surface area contributed by atoms with Crippen molar-refractivity contribution >= 4 is 29.9 Å². The van der Waals surface area contributed by atoms with Crippen LogP contribution in [0.25, 0.3) is 5.69 Å². The van der Waals surface area contributed by atoms with E-state index in [1.807, 2.05) is 42.3 Å². The highest BCUT2D eigenvalue weighted by Crippen LogP contribution is 2.28. The monoisotopic (exact) mass is 408 g/mol. The molecular weight excluding hydrogens is 383 g/mol. The van der Waals surface area contributed by atoms with Crippen LogP contribution in [0.2, 0.25) is 5.02 Å². The summed E-state index contributed by atoms with van der Waals surface area (Å²) in [7, 11) is 0. The van der Waals surface area contributed by atoms with Crippen molar-refractivity contribution in [2.75, 3.05) is 19.6 Å². The molecule has 1 N–H and O–H groups in total. The van der Waals surface area contributed by atoms with Gasteiger partial charge in [0.25, 0.3) is 5.91 Å². The molecule has 5 nitrogen and oxygen atoms in total. The Bertz CT molecular complexity index is 778. The maximum atomic E-state index is 12.9. The Hall–Kier alpha value is -1.56. The molecule has 0 unspecified atom stereocenters. The van der Waals surface area contributed by atoms with E-state index in [1.165, 1.54) is 12.8 Å². The molecule has 27 heavy (non-hydrogen) atoms. The number of rotatable bonds is 5. The lowest BCUT2D eigenvalue weighted by atomic mass is 10.0. The van der Waals surface area contributed by atoms with Gasteiger partial charge in [-0.2, -0.15) is 5.10 Å². The molecule has 4 rings (SSSR count). The first-order valence-corrected chi connectivity index (χ1v) is 9.83. The van der Waals surface area contributed by atoms with Crippen LogP contribution in [0.5, 0.6) is 0 Å². The molecule has 0 atom stereocenters. The minimum atomic E-state index is 0. The minimum Gasteiger partial charge on any atom is -0.338 e. The van der Waals surface area contributed by atoms with Gasteiger partial charge in [-0.3, -0.25) is 4.79 Å². The molecule has 0 radical (unpaired) electrons. The van der Waals surface area contributed by atoms with Gasteiger partial charge in [0.05, 0.1) is 16.9 Å². The average molecular weight is 409 g/mol. The lowest BCUT2D eigenvalue weighted by Crippen LogP contribution is -2.45. The van der Waals surface area contributed by atoms with E-state index >= 15 is 0 Å². The summed E-state index contributed by atoms with van der Waals surface area (Å²) in [5.41, 5.74) is 2.35. The molecular formula is C20H26Cl2N4O. The van der Waals surface area contributed by atoms with Crippen LogP contribution in [0.15, 0.2) is 30.5 Å². The fourth-order valence-corrected chi connectivity index (χ4v) is 3.63. The number of halogens is 2. The predicted molar refractivity (Wildman–Crippen MR) is 110 cm³/mol. The Balaban J connectivity index is 0.00000210. The maximum absolute atomic E-state index is 12.9. The van der Waals surface area contributed by atoms with Crippen LogP contribution in [-0.4, -0.2) is 46.3 Å². The van der Waals surface area contributed by atoms with Crippen molar-refractivity contribution < 1.29 is 4.79 Å². The Morgan fingerprint density at radius 3 is 2.48 bits per heavy atom. The van der Waals surface area contributed by atoms with Crippen LogP contribution >= 0.6 is 24.0 Å².